The van der Waals surface area contributed by atoms with E-state index in [0.29, 0.717) is 12.1 Å². The molecule has 0 radical (unpaired) electrons. The number of guanidine groups is 1. The molecule has 0 amide bonds. The van der Waals surface area contributed by atoms with Crippen LogP contribution < -0.4 is 15.0 Å². The van der Waals surface area contributed by atoms with Gasteiger partial charge in [0.1, 0.15) is 11.6 Å². The van der Waals surface area contributed by atoms with Gasteiger partial charge in [0, 0.05) is 44.5 Å². The van der Waals surface area contributed by atoms with Gasteiger partial charge in [-0.05, 0) is 25.1 Å². The lowest BCUT2D eigenvalue weighted by atomic mass is 10.2. The number of alkyl halides is 3. The van der Waals surface area contributed by atoms with Gasteiger partial charge in [-0.3, -0.25) is 0 Å². The molecule has 0 atom stereocenters. The summed E-state index contributed by atoms with van der Waals surface area (Å²) >= 11 is 0. The predicted octanol–water partition coefficient (Wildman–Crippen LogP) is 3.93. The summed E-state index contributed by atoms with van der Waals surface area (Å²) in [5.41, 5.74) is 0.615. The lowest BCUT2D eigenvalue weighted by Crippen LogP contribution is -2.52. The SMILES string of the molecule is CCNC(=NCc1ccccc1OCC(F)(F)F)N1CCN(c2ccccn2)CC1.I. The first-order chi connectivity index (χ1) is 14.5. The topological polar surface area (TPSA) is 53.0 Å². The zero-order valence-electron chi connectivity index (χ0n) is 17.3. The van der Waals surface area contributed by atoms with E-state index in [1.54, 1.807) is 24.4 Å². The third-order valence-electron chi connectivity index (χ3n) is 4.65. The molecule has 0 unspecified atom stereocenters. The Morgan fingerprint density at radius 2 is 1.81 bits per heavy atom. The van der Waals surface area contributed by atoms with Crippen LogP contribution in [0.2, 0.25) is 0 Å². The average Bonchev–Trinajstić information content (AvgIpc) is 2.76. The highest BCUT2D eigenvalue weighted by Gasteiger charge is 2.28. The Hall–Kier alpha value is -2.24. The molecule has 0 spiro atoms. The summed E-state index contributed by atoms with van der Waals surface area (Å²) in [6.45, 7) is 4.77. The summed E-state index contributed by atoms with van der Waals surface area (Å²) in [6.07, 6.45) is -2.59. The van der Waals surface area contributed by atoms with Crippen molar-refractivity contribution in [3.05, 3.63) is 54.2 Å². The van der Waals surface area contributed by atoms with Crippen LogP contribution in [0.5, 0.6) is 5.75 Å². The van der Waals surface area contributed by atoms with Gasteiger partial charge < -0.3 is 19.9 Å². The first-order valence-corrected chi connectivity index (χ1v) is 9.93. The van der Waals surface area contributed by atoms with Crippen LogP contribution in [-0.4, -0.2) is 61.4 Å². The third-order valence-corrected chi connectivity index (χ3v) is 4.65. The van der Waals surface area contributed by atoms with Crippen LogP contribution in [0.1, 0.15) is 12.5 Å². The highest BCUT2D eigenvalue weighted by molar-refractivity contribution is 14.0. The molecule has 1 aromatic carbocycles. The third kappa shape index (κ3) is 7.75. The van der Waals surface area contributed by atoms with E-state index in [1.807, 2.05) is 25.1 Å². The van der Waals surface area contributed by atoms with E-state index in [1.165, 1.54) is 6.07 Å². The van der Waals surface area contributed by atoms with Crippen LogP contribution in [0, 0.1) is 0 Å². The molecule has 10 heteroatoms. The molecule has 1 aliphatic heterocycles. The van der Waals surface area contributed by atoms with Crippen molar-refractivity contribution in [2.24, 2.45) is 4.99 Å². The number of para-hydroxylation sites is 1. The predicted molar refractivity (Wildman–Crippen MR) is 126 cm³/mol. The number of aliphatic imine (C=N–C) groups is 1. The number of ether oxygens (including phenoxy) is 1. The number of rotatable bonds is 6. The first kappa shape index (κ1) is 25.0. The summed E-state index contributed by atoms with van der Waals surface area (Å²) < 4.78 is 42.5. The average molecular weight is 549 g/mol. The highest BCUT2D eigenvalue weighted by atomic mass is 127. The molecule has 0 saturated carbocycles. The Labute approximate surface area is 197 Å². The number of pyridine rings is 1. The molecule has 1 fully saturated rings. The maximum absolute atomic E-state index is 12.5. The second kappa shape index (κ2) is 12.0. The largest absolute Gasteiger partial charge is 0.484 e. The van der Waals surface area contributed by atoms with Crippen molar-refractivity contribution in [3.8, 4) is 5.75 Å². The van der Waals surface area contributed by atoms with Gasteiger partial charge in [-0.25, -0.2) is 9.98 Å². The number of hydrogen-bond donors (Lipinski definition) is 1. The fourth-order valence-electron chi connectivity index (χ4n) is 3.21. The Morgan fingerprint density at radius 3 is 2.45 bits per heavy atom. The van der Waals surface area contributed by atoms with Crippen molar-refractivity contribution in [2.75, 3.05) is 44.2 Å². The van der Waals surface area contributed by atoms with Crippen LogP contribution in [0.25, 0.3) is 0 Å². The minimum Gasteiger partial charge on any atom is -0.484 e. The van der Waals surface area contributed by atoms with Crippen LogP contribution in [-0.2, 0) is 6.54 Å². The molecular formula is C21H27F3IN5O. The number of piperazine rings is 1. The van der Waals surface area contributed by atoms with Crippen LogP contribution in [0.3, 0.4) is 0 Å². The summed E-state index contributed by atoms with van der Waals surface area (Å²) in [6, 6.07) is 12.6. The lowest BCUT2D eigenvalue weighted by molar-refractivity contribution is -0.153. The van der Waals surface area contributed by atoms with Crippen LogP contribution >= 0.6 is 24.0 Å². The lowest BCUT2D eigenvalue weighted by Gasteiger charge is -2.37. The molecule has 1 aromatic heterocycles. The van der Waals surface area contributed by atoms with Crippen molar-refractivity contribution in [3.63, 3.8) is 0 Å². The van der Waals surface area contributed by atoms with Crippen LogP contribution in [0.15, 0.2) is 53.7 Å². The molecule has 3 rings (SSSR count). The van der Waals surface area contributed by atoms with E-state index >= 15 is 0 Å². The smallest absolute Gasteiger partial charge is 0.422 e. The van der Waals surface area contributed by atoms with Gasteiger partial charge >= 0.3 is 6.18 Å². The Kier molecular flexibility index (Phi) is 9.66. The molecule has 1 saturated heterocycles. The van der Waals surface area contributed by atoms with Crippen molar-refractivity contribution < 1.29 is 17.9 Å². The van der Waals surface area contributed by atoms with Crippen LogP contribution in [0.4, 0.5) is 19.0 Å². The number of anilines is 1. The monoisotopic (exact) mass is 549 g/mol. The molecule has 0 bridgehead atoms. The summed E-state index contributed by atoms with van der Waals surface area (Å²) in [7, 11) is 0. The zero-order valence-corrected chi connectivity index (χ0v) is 19.6. The number of hydrogen-bond acceptors (Lipinski definition) is 4. The normalized spacial score (nSPS) is 14.8. The number of nitrogens with one attached hydrogen (secondary N) is 1. The molecule has 6 nitrogen and oxygen atoms in total. The number of aromatic nitrogens is 1. The number of benzene rings is 1. The fraction of sp³-hybridized carbons (Fsp3) is 0.429. The molecule has 2 aromatic rings. The molecule has 0 aliphatic carbocycles. The quantitative estimate of drug-likeness (QED) is 0.337. The van der Waals surface area contributed by atoms with Gasteiger partial charge in [0.05, 0.1) is 6.54 Å². The molecule has 1 aliphatic rings. The summed E-state index contributed by atoms with van der Waals surface area (Å²) in [4.78, 5) is 13.4. The fourth-order valence-corrected chi connectivity index (χ4v) is 3.21. The van der Waals surface area contributed by atoms with E-state index in [9.17, 15) is 13.2 Å². The Bertz CT molecular complexity index is 827. The van der Waals surface area contributed by atoms with E-state index in [4.69, 9.17) is 4.74 Å². The Morgan fingerprint density at radius 1 is 1.10 bits per heavy atom. The van der Waals surface area contributed by atoms with Crippen molar-refractivity contribution >= 4 is 35.8 Å². The van der Waals surface area contributed by atoms with E-state index in [2.05, 4.69) is 25.1 Å². The van der Waals surface area contributed by atoms with Gasteiger partial charge in [0.15, 0.2) is 12.6 Å². The molecule has 170 valence electrons. The van der Waals surface area contributed by atoms with Gasteiger partial charge in [0.25, 0.3) is 0 Å². The number of nitrogens with zero attached hydrogens (tertiary/aromatic N) is 4. The number of halogens is 4. The molecule has 2 heterocycles. The Balaban J connectivity index is 0.00000341. The minimum absolute atomic E-state index is 0. The van der Waals surface area contributed by atoms with E-state index in [-0.39, 0.29) is 36.3 Å². The van der Waals surface area contributed by atoms with Gasteiger partial charge in [-0.15, -0.1) is 24.0 Å². The summed E-state index contributed by atoms with van der Waals surface area (Å²) in [5.74, 6) is 1.90. The molecule has 31 heavy (non-hydrogen) atoms. The molecular weight excluding hydrogens is 522 g/mol. The minimum atomic E-state index is -4.38. The maximum Gasteiger partial charge on any atom is 0.422 e. The second-order valence-electron chi connectivity index (χ2n) is 6.84. The molecule has 1 N–H and O–H groups in total. The zero-order chi connectivity index (χ0) is 21.4. The van der Waals surface area contributed by atoms with Crippen molar-refractivity contribution in [2.45, 2.75) is 19.6 Å². The maximum atomic E-state index is 12.5. The summed E-state index contributed by atoms with van der Waals surface area (Å²) in [5, 5.41) is 3.27. The second-order valence-corrected chi connectivity index (χ2v) is 6.84. The van der Waals surface area contributed by atoms with Crippen molar-refractivity contribution in [1.82, 2.24) is 15.2 Å². The van der Waals surface area contributed by atoms with Gasteiger partial charge in [0.2, 0.25) is 0 Å². The van der Waals surface area contributed by atoms with Gasteiger partial charge in [-0.1, -0.05) is 24.3 Å². The highest BCUT2D eigenvalue weighted by Crippen LogP contribution is 2.23. The van der Waals surface area contributed by atoms with Gasteiger partial charge in [-0.2, -0.15) is 13.2 Å². The standard InChI is InChI=1S/C21H26F3N5O.HI/c1-2-25-20(29-13-11-28(12-14-29)19-9-5-6-10-26-19)27-15-17-7-3-4-8-18(17)30-16-21(22,23)24;/h3-10H,2,11-16H2,1H3,(H,25,27);1H. The van der Waals surface area contributed by atoms with E-state index in [0.717, 1.165) is 38.0 Å². The first-order valence-electron chi connectivity index (χ1n) is 9.93. The van der Waals surface area contributed by atoms with E-state index < -0.39 is 12.8 Å². The van der Waals surface area contributed by atoms with Crippen molar-refractivity contribution in [1.29, 1.82) is 0 Å².